The lowest BCUT2D eigenvalue weighted by molar-refractivity contribution is -0.117. The van der Waals surface area contributed by atoms with E-state index in [1.807, 2.05) is 24.3 Å². The van der Waals surface area contributed by atoms with Crippen LogP contribution >= 0.6 is 0 Å². The maximum absolute atomic E-state index is 12.3. The van der Waals surface area contributed by atoms with Gasteiger partial charge in [-0.1, -0.05) is 26.0 Å². The highest BCUT2D eigenvalue weighted by atomic mass is 16.5. The van der Waals surface area contributed by atoms with Gasteiger partial charge >= 0.3 is 5.97 Å². The number of carbonyl (C=O) groups excluding carboxylic acids is 3. The lowest BCUT2D eigenvalue weighted by atomic mass is 10.0. The molecule has 6 heteroatoms. The van der Waals surface area contributed by atoms with Gasteiger partial charge in [-0.3, -0.25) is 9.59 Å². The molecule has 1 N–H and O–H groups in total. The van der Waals surface area contributed by atoms with Crippen molar-refractivity contribution in [3.63, 3.8) is 0 Å². The van der Waals surface area contributed by atoms with Crippen molar-refractivity contribution in [3.05, 3.63) is 59.7 Å². The van der Waals surface area contributed by atoms with Crippen molar-refractivity contribution in [2.45, 2.75) is 33.1 Å². The van der Waals surface area contributed by atoms with Gasteiger partial charge in [-0.25, -0.2) is 4.79 Å². The summed E-state index contributed by atoms with van der Waals surface area (Å²) in [5.41, 5.74) is 2.95. The fourth-order valence-electron chi connectivity index (χ4n) is 2.75. The Hall–Kier alpha value is -3.15. The molecular formula is C22H26N2O4. The van der Waals surface area contributed by atoms with E-state index in [2.05, 4.69) is 23.9 Å². The van der Waals surface area contributed by atoms with Gasteiger partial charge in [0.05, 0.1) is 12.7 Å². The Morgan fingerprint density at radius 3 is 2.11 bits per heavy atom. The van der Waals surface area contributed by atoms with Gasteiger partial charge in [-0.2, -0.15) is 0 Å². The second-order valence-corrected chi connectivity index (χ2v) is 6.78. The van der Waals surface area contributed by atoms with Gasteiger partial charge in [0.2, 0.25) is 11.8 Å². The maximum Gasteiger partial charge on any atom is 0.337 e. The number of rotatable bonds is 7. The second-order valence-electron chi connectivity index (χ2n) is 6.78. The van der Waals surface area contributed by atoms with Gasteiger partial charge in [0, 0.05) is 31.3 Å². The number of ether oxygens (including phenoxy) is 1. The lowest BCUT2D eigenvalue weighted by Gasteiger charge is -2.21. The highest BCUT2D eigenvalue weighted by molar-refractivity contribution is 5.95. The predicted octanol–water partition coefficient (Wildman–Crippen LogP) is 3.98. The summed E-state index contributed by atoms with van der Waals surface area (Å²) in [5, 5.41) is 2.85. The molecule has 2 aromatic rings. The standard InChI is InChI=1S/C22H26N2O4/c1-15(2)17-5-9-19(10-6-17)23-21(26)13-14-24(16(3)25)20-11-7-18(8-12-20)22(27)28-4/h5-12,15H,13-14H2,1-4H3,(H,23,26). The van der Waals surface area contributed by atoms with E-state index in [0.717, 1.165) is 5.69 Å². The number of esters is 1. The Balaban J connectivity index is 1.98. The summed E-state index contributed by atoms with van der Waals surface area (Å²) in [6, 6.07) is 14.2. The topological polar surface area (TPSA) is 75.7 Å². The molecule has 0 atom stereocenters. The third-order valence-electron chi connectivity index (χ3n) is 4.40. The average Bonchev–Trinajstić information content (AvgIpc) is 2.68. The van der Waals surface area contributed by atoms with Gasteiger partial charge in [0.15, 0.2) is 0 Å². The first-order valence-electron chi connectivity index (χ1n) is 9.18. The van der Waals surface area contributed by atoms with Crippen molar-refractivity contribution in [1.29, 1.82) is 0 Å². The van der Waals surface area contributed by atoms with Crippen LogP contribution in [0.2, 0.25) is 0 Å². The van der Waals surface area contributed by atoms with Gasteiger partial charge < -0.3 is 15.0 Å². The number of nitrogens with zero attached hydrogens (tertiary/aromatic N) is 1. The van der Waals surface area contributed by atoms with Crippen LogP contribution in [0.4, 0.5) is 11.4 Å². The maximum atomic E-state index is 12.3. The molecule has 0 saturated heterocycles. The fourth-order valence-corrected chi connectivity index (χ4v) is 2.75. The monoisotopic (exact) mass is 382 g/mol. The number of carbonyl (C=O) groups is 3. The van der Waals surface area contributed by atoms with Crippen molar-refractivity contribution >= 4 is 29.2 Å². The van der Waals surface area contributed by atoms with Gasteiger partial charge in [0.1, 0.15) is 0 Å². The zero-order chi connectivity index (χ0) is 20.7. The minimum Gasteiger partial charge on any atom is -0.465 e. The molecule has 0 aromatic heterocycles. The summed E-state index contributed by atoms with van der Waals surface area (Å²) in [7, 11) is 1.31. The van der Waals surface area contributed by atoms with Crippen molar-refractivity contribution < 1.29 is 19.1 Å². The highest BCUT2D eigenvalue weighted by Gasteiger charge is 2.15. The Labute approximate surface area is 165 Å². The van der Waals surface area contributed by atoms with E-state index >= 15 is 0 Å². The molecule has 0 aliphatic heterocycles. The molecule has 0 fully saturated rings. The van der Waals surface area contributed by atoms with E-state index in [-0.39, 0.29) is 24.8 Å². The quantitative estimate of drug-likeness (QED) is 0.735. The van der Waals surface area contributed by atoms with Crippen LogP contribution < -0.4 is 10.2 Å². The van der Waals surface area contributed by atoms with Crippen molar-refractivity contribution in [2.24, 2.45) is 0 Å². The van der Waals surface area contributed by atoms with Gasteiger partial charge in [-0.15, -0.1) is 0 Å². The predicted molar refractivity (Wildman–Crippen MR) is 110 cm³/mol. The van der Waals surface area contributed by atoms with E-state index in [4.69, 9.17) is 0 Å². The molecule has 0 spiro atoms. The minimum atomic E-state index is -0.441. The summed E-state index contributed by atoms with van der Waals surface area (Å²) in [5.74, 6) is -0.363. The molecule has 148 valence electrons. The molecule has 0 aliphatic rings. The number of amides is 2. The first-order chi connectivity index (χ1) is 13.3. The second kappa shape index (κ2) is 9.69. The number of hydrogen-bond acceptors (Lipinski definition) is 4. The van der Waals surface area contributed by atoms with Crippen LogP contribution in [0.25, 0.3) is 0 Å². The van der Waals surface area contributed by atoms with E-state index in [9.17, 15) is 14.4 Å². The number of anilines is 2. The molecule has 0 bridgehead atoms. The zero-order valence-electron chi connectivity index (χ0n) is 16.7. The fraction of sp³-hybridized carbons (Fsp3) is 0.318. The van der Waals surface area contributed by atoms with Crippen LogP contribution in [-0.2, 0) is 14.3 Å². The Kier molecular flexibility index (Phi) is 7.32. The summed E-state index contributed by atoms with van der Waals surface area (Å²) < 4.78 is 4.67. The third-order valence-corrected chi connectivity index (χ3v) is 4.40. The van der Waals surface area contributed by atoms with E-state index in [1.165, 1.54) is 24.5 Å². The van der Waals surface area contributed by atoms with Gasteiger partial charge in [0.25, 0.3) is 0 Å². The third kappa shape index (κ3) is 5.67. The van der Waals surface area contributed by atoms with Crippen LogP contribution in [0, 0.1) is 0 Å². The molecule has 6 nitrogen and oxygen atoms in total. The molecular weight excluding hydrogens is 356 g/mol. The number of hydrogen-bond donors (Lipinski definition) is 1. The number of benzene rings is 2. The van der Waals surface area contributed by atoms with Crippen LogP contribution in [0.5, 0.6) is 0 Å². The van der Waals surface area contributed by atoms with Gasteiger partial charge in [-0.05, 0) is 47.9 Å². The molecule has 0 heterocycles. The van der Waals surface area contributed by atoms with Crippen LogP contribution in [0.3, 0.4) is 0 Å². The van der Waals surface area contributed by atoms with Crippen molar-refractivity contribution in [1.82, 2.24) is 0 Å². The van der Waals surface area contributed by atoms with E-state index in [1.54, 1.807) is 24.3 Å². The Morgan fingerprint density at radius 2 is 1.61 bits per heavy atom. The largest absolute Gasteiger partial charge is 0.465 e. The van der Waals surface area contributed by atoms with Crippen molar-refractivity contribution in [2.75, 3.05) is 23.9 Å². The molecule has 0 aliphatic carbocycles. The number of nitrogens with one attached hydrogen (secondary N) is 1. The molecule has 0 unspecified atom stereocenters. The van der Waals surface area contributed by atoms with Crippen molar-refractivity contribution in [3.8, 4) is 0 Å². The van der Waals surface area contributed by atoms with E-state index < -0.39 is 5.97 Å². The highest BCUT2D eigenvalue weighted by Crippen LogP contribution is 2.19. The average molecular weight is 382 g/mol. The number of methoxy groups -OCH3 is 1. The molecule has 2 aromatic carbocycles. The first-order valence-corrected chi connectivity index (χ1v) is 9.18. The molecule has 2 rings (SSSR count). The minimum absolute atomic E-state index is 0.157. The lowest BCUT2D eigenvalue weighted by Crippen LogP contribution is -2.32. The molecule has 0 saturated carbocycles. The first kappa shape index (κ1) is 21.2. The molecule has 28 heavy (non-hydrogen) atoms. The smallest absolute Gasteiger partial charge is 0.337 e. The Morgan fingerprint density at radius 1 is 1.00 bits per heavy atom. The van der Waals surface area contributed by atoms with Crippen LogP contribution in [0.15, 0.2) is 48.5 Å². The molecule has 2 amide bonds. The SMILES string of the molecule is COC(=O)c1ccc(N(CCC(=O)Nc2ccc(C(C)C)cc2)C(C)=O)cc1. The van der Waals surface area contributed by atoms with Crippen LogP contribution in [-0.4, -0.2) is 31.4 Å². The molecule has 0 radical (unpaired) electrons. The zero-order valence-corrected chi connectivity index (χ0v) is 16.7. The van der Waals surface area contributed by atoms with E-state index in [0.29, 0.717) is 17.2 Å². The summed E-state index contributed by atoms with van der Waals surface area (Å²) >= 11 is 0. The van der Waals surface area contributed by atoms with Crippen LogP contribution in [0.1, 0.15) is 49.0 Å². The summed E-state index contributed by atoms with van der Waals surface area (Å²) in [4.78, 5) is 37.3. The summed E-state index contributed by atoms with van der Waals surface area (Å²) in [6.45, 7) is 5.91. The normalized spacial score (nSPS) is 10.5. The summed E-state index contributed by atoms with van der Waals surface area (Å²) in [6.07, 6.45) is 0.157. The Bertz CT molecular complexity index is 827.